The highest BCUT2D eigenvalue weighted by atomic mass is 16.3. The van der Waals surface area contributed by atoms with Crippen LogP contribution in [0.25, 0.3) is 0 Å². The van der Waals surface area contributed by atoms with Crippen LogP contribution in [0, 0.1) is 19.8 Å². The summed E-state index contributed by atoms with van der Waals surface area (Å²) in [5.41, 5.74) is 9.52. The number of hydrogen-bond acceptors (Lipinski definition) is 2. The van der Waals surface area contributed by atoms with Crippen LogP contribution in [-0.4, -0.2) is 5.11 Å². The van der Waals surface area contributed by atoms with Crippen molar-refractivity contribution in [3.05, 3.63) is 28.8 Å². The monoisotopic (exact) mass is 207 g/mol. The number of aromatic hydroxyl groups is 1. The van der Waals surface area contributed by atoms with Gasteiger partial charge in [0.15, 0.2) is 0 Å². The topological polar surface area (TPSA) is 46.2 Å². The summed E-state index contributed by atoms with van der Waals surface area (Å²) in [6.45, 7) is 8.35. The van der Waals surface area contributed by atoms with Gasteiger partial charge in [0.25, 0.3) is 0 Å². The van der Waals surface area contributed by atoms with Crippen LogP contribution in [0.1, 0.15) is 43.0 Å². The Kier molecular flexibility index (Phi) is 3.75. The zero-order valence-electron chi connectivity index (χ0n) is 10.0. The van der Waals surface area contributed by atoms with Gasteiger partial charge < -0.3 is 10.8 Å². The molecule has 1 rings (SSSR count). The summed E-state index contributed by atoms with van der Waals surface area (Å²) in [6.07, 6.45) is 0.979. The van der Waals surface area contributed by atoms with Gasteiger partial charge >= 0.3 is 0 Å². The third kappa shape index (κ3) is 2.96. The van der Waals surface area contributed by atoms with Gasteiger partial charge in [0.1, 0.15) is 5.75 Å². The van der Waals surface area contributed by atoms with Crippen molar-refractivity contribution in [3.63, 3.8) is 0 Å². The highest BCUT2D eigenvalue weighted by molar-refractivity contribution is 5.42. The van der Waals surface area contributed by atoms with E-state index in [2.05, 4.69) is 13.8 Å². The second-order valence-corrected chi connectivity index (χ2v) is 4.73. The Bertz CT molecular complexity index is 321. The van der Waals surface area contributed by atoms with Gasteiger partial charge in [0.2, 0.25) is 0 Å². The largest absolute Gasteiger partial charge is 0.508 e. The molecule has 1 atom stereocenters. The molecule has 2 nitrogen and oxygen atoms in total. The SMILES string of the molecule is Cc1cc(O)cc(C)c1[C@@H](N)CC(C)C. The number of nitrogens with two attached hydrogens (primary N) is 1. The molecule has 1 aromatic rings. The Balaban J connectivity index is 3.03. The van der Waals surface area contributed by atoms with Crippen molar-refractivity contribution < 1.29 is 5.11 Å². The first kappa shape index (κ1) is 12.1. The maximum atomic E-state index is 9.44. The highest BCUT2D eigenvalue weighted by Crippen LogP contribution is 2.28. The van der Waals surface area contributed by atoms with Crippen molar-refractivity contribution in [1.29, 1.82) is 0 Å². The summed E-state index contributed by atoms with van der Waals surface area (Å²) in [4.78, 5) is 0. The molecular formula is C13H21NO. The minimum atomic E-state index is 0.0746. The van der Waals surface area contributed by atoms with E-state index in [-0.39, 0.29) is 6.04 Å². The number of benzene rings is 1. The molecule has 0 aliphatic rings. The number of hydrogen-bond donors (Lipinski definition) is 2. The van der Waals surface area contributed by atoms with Crippen LogP contribution < -0.4 is 5.73 Å². The molecule has 3 N–H and O–H groups in total. The quantitative estimate of drug-likeness (QED) is 0.800. The standard InChI is InChI=1S/C13H21NO/c1-8(2)5-12(14)13-9(3)6-11(15)7-10(13)4/h6-8,12,15H,5,14H2,1-4H3/t12-/m0/s1. The van der Waals surface area contributed by atoms with Gasteiger partial charge in [-0.05, 0) is 55.0 Å². The number of aryl methyl sites for hydroxylation is 2. The molecule has 0 bridgehead atoms. The fourth-order valence-corrected chi connectivity index (χ4v) is 2.16. The summed E-state index contributed by atoms with van der Waals surface area (Å²) in [5.74, 6) is 0.915. The summed E-state index contributed by atoms with van der Waals surface area (Å²) < 4.78 is 0. The summed E-state index contributed by atoms with van der Waals surface area (Å²) in [7, 11) is 0. The Morgan fingerprint density at radius 1 is 1.20 bits per heavy atom. The lowest BCUT2D eigenvalue weighted by Gasteiger charge is -2.19. The summed E-state index contributed by atoms with van der Waals surface area (Å²) in [6, 6.07) is 3.64. The van der Waals surface area contributed by atoms with Crippen LogP contribution >= 0.6 is 0 Å². The molecule has 2 heteroatoms. The molecule has 1 aromatic carbocycles. The third-order valence-electron chi connectivity index (χ3n) is 2.67. The number of phenols is 1. The van der Waals surface area contributed by atoms with Crippen molar-refractivity contribution >= 4 is 0 Å². The Hall–Kier alpha value is -1.02. The van der Waals surface area contributed by atoms with Gasteiger partial charge in [-0.2, -0.15) is 0 Å². The van der Waals surface area contributed by atoms with Crippen LogP contribution in [0.5, 0.6) is 5.75 Å². The number of phenolic OH excluding ortho intramolecular Hbond substituents is 1. The second-order valence-electron chi connectivity index (χ2n) is 4.73. The first-order chi connectivity index (χ1) is 6.91. The lowest BCUT2D eigenvalue weighted by atomic mass is 9.91. The maximum Gasteiger partial charge on any atom is 0.116 e. The van der Waals surface area contributed by atoms with Crippen LogP contribution in [0.2, 0.25) is 0 Å². The van der Waals surface area contributed by atoms with Crippen molar-refractivity contribution in [2.45, 2.75) is 40.2 Å². The minimum absolute atomic E-state index is 0.0746. The van der Waals surface area contributed by atoms with Crippen molar-refractivity contribution in [1.82, 2.24) is 0 Å². The van der Waals surface area contributed by atoms with Gasteiger partial charge in [-0.25, -0.2) is 0 Å². The van der Waals surface area contributed by atoms with Crippen LogP contribution in [0.4, 0.5) is 0 Å². The Morgan fingerprint density at radius 2 is 1.67 bits per heavy atom. The first-order valence-electron chi connectivity index (χ1n) is 5.47. The van der Waals surface area contributed by atoms with Gasteiger partial charge in [-0.3, -0.25) is 0 Å². The Morgan fingerprint density at radius 3 is 2.07 bits per heavy atom. The summed E-state index contributed by atoms with van der Waals surface area (Å²) in [5, 5.41) is 9.44. The highest BCUT2D eigenvalue weighted by Gasteiger charge is 2.14. The molecule has 0 spiro atoms. The average Bonchev–Trinajstić information content (AvgIpc) is 1.99. The van der Waals surface area contributed by atoms with Crippen molar-refractivity contribution in [2.24, 2.45) is 11.7 Å². The maximum absolute atomic E-state index is 9.44. The van der Waals surface area contributed by atoms with E-state index >= 15 is 0 Å². The van der Waals surface area contributed by atoms with Gasteiger partial charge in [-0.15, -0.1) is 0 Å². The molecule has 0 heterocycles. The van der Waals surface area contributed by atoms with E-state index in [1.807, 2.05) is 13.8 Å². The predicted molar refractivity (Wildman–Crippen MR) is 64.0 cm³/mol. The van der Waals surface area contributed by atoms with E-state index in [0.29, 0.717) is 11.7 Å². The van der Waals surface area contributed by atoms with Crippen LogP contribution in [0.15, 0.2) is 12.1 Å². The van der Waals surface area contributed by atoms with Crippen LogP contribution in [0.3, 0.4) is 0 Å². The fraction of sp³-hybridized carbons (Fsp3) is 0.538. The minimum Gasteiger partial charge on any atom is -0.508 e. The molecule has 0 radical (unpaired) electrons. The molecule has 0 amide bonds. The smallest absolute Gasteiger partial charge is 0.116 e. The van der Waals surface area contributed by atoms with E-state index in [1.54, 1.807) is 12.1 Å². The molecule has 15 heavy (non-hydrogen) atoms. The molecule has 0 unspecified atom stereocenters. The molecule has 0 saturated carbocycles. The fourth-order valence-electron chi connectivity index (χ4n) is 2.16. The van der Waals surface area contributed by atoms with Gasteiger partial charge in [-0.1, -0.05) is 13.8 Å². The third-order valence-corrected chi connectivity index (χ3v) is 2.67. The zero-order valence-corrected chi connectivity index (χ0v) is 10.0. The van der Waals surface area contributed by atoms with E-state index in [0.717, 1.165) is 17.5 Å². The zero-order chi connectivity index (χ0) is 11.6. The van der Waals surface area contributed by atoms with E-state index < -0.39 is 0 Å². The van der Waals surface area contributed by atoms with E-state index in [4.69, 9.17) is 5.73 Å². The molecule has 0 aliphatic carbocycles. The first-order valence-corrected chi connectivity index (χ1v) is 5.47. The molecule has 84 valence electrons. The van der Waals surface area contributed by atoms with E-state index in [1.165, 1.54) is 5.56 Å². The van der Waals surface area contributed by atoms with Crippen molar-refractivity contribution in [2.75, 3.05) is 0 Å². The van der Waals surface area contributed by atoms with Gasteiger partial charge in [0, 0.05) is 6.04 Å². The van der Waals surface area contributed by atoms with Gasteiger partial charge in [0.05, 0.1) is 0 Å². The molecule has 0 aliphatic heterocycles. The lowest BCUT2D eigenvalue weighted by Crippen LogP contribution is -2.15. The molecule has 0 saturated heterocycles. The molecule has 0 fully saturated rings. The molecular weight excluding hydrogens is 186 g/mol. The van der Waals surface area contributed by atoms with Crippen molar-refractivity contribution in [3.8, 4) is 5.75 Å². The Labute approximate surface area is 92.1 Å². The average molecular weight is 207 g/mol. The number of rotatable bonds is 3. The van der Waals surface area contributed by atoms with Crippen LogP contribution in [-0.2, 0) is 0 Å². The lowest BCUT2D eigenvalue weighted by molar-refractivity contribution is 0.471. The summed E-state index contributed by atoms with van der Waals surface area (Å²) >= 11 is 0. The van der Waals surface area contributed by atoms with E-state index in [9.17, 15) is 5.11 Å². The normalized spacial score (nSPS) is 13.2. The molecule has 0 aromatic heterocycles. The predicted octanol–water partition coefficient (Wildman–Crippen LogP) is 3.05. The second kappa shape index (κ2) is 4.67.